The van der Waals surface area contributed by atoms with E-state index < -0.39 is 29.7 Å². The third-order valence-electron chi connectivity index (χ3n) is 1.95. The van der Waals surface area contributed by atoms with E-state index in [0.717, 1.165) is 12.1 Å². The van der Waals surface area contributed by atoms with Crippen LogP contribution in [0, 0.1) is 0 Å². The van der Waals surface area contributed by atoms with Crippen LogP contribution in [0.2, 0.25) is 0 Å². The number of hydrogen-bond donors (Lipinski definition) is 2. The van der Waals surface area contributed by atoms with E-state index in [1.807, 2.05) is 0 Å². The number of carbonyl (C=O) groups is 2. The molecule has 0 saturated heterocycles. The first-order valence-electron chi connectivity index (χ1n) is 4.50. The SMILES string of the molecule is O=Cc1ccc(OC(F)(F)F)cc1C(O)C(=O)O. The molecule has 1 aromatic carbocycles. The zero-order chi connectivity index (χ0) is 13.9. The van der Waals surface area contributed by atoms with Gasteiger partial charge in [0, 0.05) is 11.1 Å². The lowest BCUT2D eigenvalue weighted by molar-refractivity contribution is -0.274. The molecule has 98 valence electrons. The topological polar surface area (TPSA) is 83.8 Å². The van der Waals surface area contributed by atoms with Gasteiger partial charge in [-0.1, -0.05) is 0 Å². The Morgan fingerprint density at radius 3 is 2.44 bits per heavy atom. The maximum Gasteiger partial charge on any atom is 0.573 e. The number of aliphatic carboxylic acids is 1. The first-order chi connectivity index (χ1) is 8.24. The van der Waals surface area contributed by atoms with Gasteiger partial charge >= 0.3 is 12.3 Å². The lowest BCUT2D eigenvalue weighted by Crippen LogP contribution is -2.18. The summed E-state index contributed by atoms with van der Waals surface area (Å²) in [5, 5.41) is 17.8. The molecule has 0 aliphatic carbocycles. The van der Waals surface area contributed by atoms with E-state index >= 15 is 0 Å². The number of hydrogen-bond acceptors (Lipinski definition) is 4. The average Bonchev–Trinajstić information content (AvgIpc) is 2.25. The van der Waals surface area contributed by atoms with Crippen molar-refractivity contribution in [2.45, 2.75) is 12.5 Å². The molecule has 0 fully saturated rings. The van der Waals surface area contributed by atoms with E-state index in [4.69, 9.17) is 5.11 Å². The van der Waals surface area contributed by atoms with Crippen LogP contribution in [0.3, 0.4) is 0 Å². The van der Waals surface area contributed by atoms with Gasteiger partial charge in [0.15, 0.2) is 6.10 Å². The predicted molar refractivity (Wildman–Crippen MR) is 51.1 cm³/mol. The zero-order valence-corrected chi connectivity index (χ0v) is 8.64. The van der Waals surface area contributed by atoms with Crippen LogP contribution >= 0.6 is 0 Å². The molecular weight excluding hydrogens is 257 g/mol. The second kappa shape index (κ2) is 5.05. The Balaban J connectivity index is 3.17. The molecule has 8 heteroatoms. The second-order valence-electron chi connectivity index (χ2n) is 3.20. The summed E-state index contributed by atoms with van der Waals surface area (Å²) in [6.07, 6.45) is -6.84. The van der Waals surface area contributed by atoms with Crippen molar-refractivity contribution in [3.8, 4) is 5.75 Å². The molecule has 1 aromatic rings. The monoisotopic (exact) mass is 264 g/mol. The Morgan fingerprint density at radius 2 is 2.00 bits per heavy atom. The molecule has 18 heavy (non-hydrogen) atoms. The van der Waals surface area contributed by atoms with Gasteiger partial charge in [0.1, 0.15) is 12.0 Å². The summed E-state index contributed by atoms with van der Waals surface area (Å²) in [4.78, 5) is 21.1. The predicted octanol–water partition coefficient (Wildman–Crippen LogP) is 1.52. The van der Waals surface area contributed by atoms with E-state index in [0.29, 0.717) is 6.07 Å². The highest BCUT2D eigenvalue weighted by atomic mass is 19.4. The Bertz CT molecular complexity index is 469. The highest BCUT2D eigenvalue weighted by molar-refractivity contribution is 5.83. The molecule has 0 radical (unpaired) electrons. The maximum atomic E-state index is 11.9. The van der Waals surface area contributed by atoms with Gasteiger partial charge in [0.05, 0.1) is 0 Å². The first-order valence-corrected chi connectivity index (χ1v) is 4.50. The van der Waals surface area contributed by atoms with E-state index in [9.17, 15) is 27.9 Å². The molecule has 0 aromatic heterocycles. The Kier molecular flexibility index (Phi) is 3.92. The quantitative estimate of drug-likeness (QED) is 0.805. The Labute approximate surface area is 98.4 Å². The molecule has 0 amide bonds. The van der Waals surface area contributed by atoms with Crippen LogP contribution in [0.15, 0.2) is 18.2 Å². The van der Waals surface area contributed by atoms with Crippen molar-refractivity contribution >= 4 is 12.3 Å². The number of benzene rings is 1. The van der Waals surface area contributed by atoms with Crippen LogP contribution in [0.25, 0.3) is 0 Å². The molecule has 5 nitrogen and oxygen atoms in total. The highest BCUT2D eigenvalue weighted by Gasteiger charge is 2.32. The fraction of sp³-hybridized carbons (Fsp3) is 0.200. The van der Waals surface area contributed by atoms with Crippen LogP contribution in [0.1, 0.15) is 22.0 Å². The highest BCUT2D eigenvalue weighted by Crippen LogP contribution is 2.27. The third kappa shape index (κ3) is 3.45. The fourth-order valence-electron chi connectivity index (χ4n) is 1.23. The lowest BCUT2D eigenvalue weighted by atomic mass is 10.0. The van der Waals surface area contributed by atoms with Crippen LogP contribution in [0.5, 0.6) is 5.75 Å². The average molecular weight is 264 g/mol. The van der Waals surface area contributed by atoms with Gasteiger partial charge in [0.2, 0.25) is 0 Å². The van der Waals surface area contributed by atoms with Gasteiger partial charge in [-0.25, -0.2) is 4.79 Å². The molecule has 0 spiro atoms. The van der Waals surface area contributed by atoms with Crippen LogP contribution < -0.4 is 4.74 Å². The number of rotatable bonds is 4. The van der Waals surface area contributed by atoms with Gasteiger partial charge in [-0.05, 0) is 18.2 Å². The first kappa shape index (κ1) is 14.0. The fourth-order valence-corrected chi connectivity index (χ4v) is 1.23. The van der Waals surface area contributed by atoms with Gasteiger partial charge < -0.3 is 14.9 Å². The molecule has 1 atom stereocenters. The summed E-state index contributed by atoms with van der Waals surface area (Å²) in [6.45, 7) is 0. The Hall–Kier alpha value is -2.09. The van der Waals surface area contributed by atoms with Crippen molar-refractivity contribution in [2.75, 3.05) is 0 Å². The maximum absolute atomic E-state index is 11.9. The summed E-state index contributed by atoms with van der Waals surface area (Å²) < 4.78 is 39.4. The number of carbonyl (C=O) groups excluding carboxylic acids is 1. The van der Waals surface area contributed by atoms with Crippen LogP contribution in [-0.2, 0) is 4.79 Å². The summed E-state index contributed by atoms with van der Waals surface area (Å²) in [6, 6.07) is 2.42. The minimum Gasteiger partial charge on any atom is -0.479 e. The van der Waals surface area contributed by atoms with E-state index in [-0.39, 0.29) is 11.8 Å². The number of aldehydes is 1. The van der Waals surface area contributed by atoms with Crippen molar-refractivity contribution in [1.29, 1.82) is 0 Å². The van der Waals surface area contributed by atoms with Gasteiger partial charge in [-0.15, -0.1) is 13.2 Å². The van der Waals surface area contributed by atoms with E-state index in [1.165, 1.54) is 0 Å². The summed E-state index contributed by atoms with van der Waals surface area (Å²) in [5.74, 6) is -2.41. The third-order valence-corrected chi connectivity index (χ3v) is 1.95. The van der Waals surface area contributed by atoms with Crippen molar-refractivity contribution in [3.05, 3.63) is 29.3 Å². The molecule has 0 aliphatic heterocycles. The van der Waals surface area contributed by atoms with E-state index in [2.05, 4.69) is 4.74 Å². The lowest BCUT2D eigenvalue weighted by Gasteiger charge is -2.13. The molecule has 0 heterocycles. The van der Waals surface area contributed by atoms with Gasteiger partial charge in [-0.3, -0.25) is 4.79 Å². The minimum absolute atomic E-state index is 0.221. The molecule has 0 saturated carbocycles. The standard InChI is InChI=1S/C10H7F3O5/c11-10(12,13)18-6-2-1-5(4-14)7(3-6)8(15)9(16)17/h1-4,8,15H,(H,16,17). The molecular formula is C10H7F3O5. The smallest absolute Gasteiger partial charge is 0.479 e. The molecule has 1 unspecified atom stereocenters. The number of aliphatic hydroxyl groups is 1. The number of carboxylic acid groups (broad SMARTS) is 1. The minimum atomic E-state index is -4.95. The number of aliphatic hydroxyl groups excluding tert-OH is 1. The van der Waals surface area contributed by atoms with Gasteiger partial charge in [-0.2, -0.15) is 0 Å². The van der Waals surface area contributed by atoms with Crippen LogP contribution in [-0.4, -0.2) is 28.8 Å². The largest absolute Gasteiger partial charge is 0.573 e. The number of ether oxygens (including phenoxy) is 1. The molecule has 0 bridgehead atoms. The number of halogens is 3. The van der Waals surface area contributed by atoms with Crippen molar-refractivity contribution in [1.82, 2.24) is 0 Å². The molecule has 2 N–H and O–H groups in total. The van der Waals surface area contributed by atoms with E-state index in [1.54, 1.807) is 0 Å². The van der Waals surface area contributed by atoms with Crippen LogP contribution in [0.4, 0.5) is 13.2 Å². The molecule has 1 rings (SSSR count). The number of alkyl halides is 3. The summed E-state index contributed by atoms with van der Waals surface area (Å²) >= 11 is 0. The van der Waals surface area contributed by atoms with Crippen molar-refractivity contribution in [2.24, 2.45) is 0 Å². The van der Waals surface area contributed by atoms with Crippen molar-refractivity contribution < 1.29 is 37.7 Å². The Morgan fingerprint density at radius 1 is 1.39 bits per heavy atom. The zero-order valence-electron chi connectivity index (χ0n) is 8.64. The number of carboxylic acids is 1. The van der Waals surface area contributed by atoms with Crippen molar-refractivity contribution in [3.63, 3.8) is 0 Å². The second-order valence-corrected chi connectivity index (χ2v) is 3.20. The summed E-state index contributed by atoms with van der Waals surface area (Å²) in [7, 11) is 0. The summed E-state index contributed by atoms with van der Waals surface area (Å²) in [5.41, 5.74) is -0.710. The normalized spacial score (nSPS) is 12.9. The molecule has 0 aliphatic rings. The van der Waals surface area contributed by atoms with Gasteiger partial charge in [0.25, 0.3) is 0 Å².